The first-order valence-electron chi connectivity index (χ1n) is 14.4. The van der Waals surface area contributed by atoms with Gasteiger partial charge in [-0.05, 0) is 62.4 Å². The van der Waals surface area contributed by atoms with Crippen molar-refractivity contribution in [1.82, 2.24) is 30.3 Å². The van der Waals surface area contributed by atoms with Crippen molar-refractivity contribution in [3.05, 3.63) is 71.3 Å². The quantitative estimate of drug-likeness (QED) is 0.227. The number of aromatic amines is 1. The Labute approximate surface area is 242 Å². The molecule has 12 heteroatoms. The van der Waals surface area contributed by atoms with Crippen LogP contribution in [-0.4, -0.2) is 55.5 Å². The van der Waals surface area contributed by atoms with Gasteiger partial charge in [-0.15, -0.1) is 0 Å². The molecule has 2 amide bonds. The molecule has 0 bridgehead atoms. The van der Waals surface area contributed by atoms with Gasteiger partial charge < -0.3 is 25.0 Å². The van der Waals surface area contributed by atoms with E-state index in [-0.39, 0.29) is 35.7 Å². The monoisotopic (exact) mass is 579 g/mol. The summed E-state index contributed by atoms with van der Waals surface area (Å²) in [4.78, 5) is 40.7. The lowest BCUT2D eigenvalue weighted by Crippen LogP contribution is -2.48. The predicted octanol–water partition coefficient (Wildman–Crippen LogP) is 5.04. The lowest BCUT2D eigenvalue weighted by Gasteiger charge is -2.36. The van der Waals surface area contributed by atoms with Gasteiger partial charge >= 0.3 is 6.01 Å². The molecule has 1 saturated heterocycles. The maximum absolute atomic E-state index is 14.2. The number of hydrogen-bond donors (Lipinski definition) is 3. The number of piperidine rings is 1. The van der Waals surface area contributed by atoms with Gasteiger partial charge in [-0.3, -0.25) is 9.59 Å². The molecule has 10 nitrogen and oxygen atoms in total. The van der Waals surface area contributed by atoms with E-state index in [0.29, 0.717) is 30.1 Å². The maximum Gasteiger partial charge on any atom is 0.322 e. The molecular weight excluding hydrogens is 544 g/mol. The highest BCUT2D eigenvalue weighted by Crippen LogP contribution is 2.23. The molecule has 42 heavy (non-hydrogen) atoms. The van der Waals surface area contributed by atoms with Crippen LogP contribution in [0, 0.1) is 11.6 Å². The van der Waals surface area contributed by atoms with Gasteiger partial charge in [0.2, 0.25) is 11.8 Å². The van der Waals surface area contributed by atoms with E-state index in [2.05, 4.69) is 37.7 Å². The number of carbonyl (C=O) groups is 2. The number of anilines is 1. The lowest BCUT2D eigenvalue weighted by atomic mass is 9.97. The van der Waals surface area contributed by atoms with E-state index >= 15 is 0 Å². The van der Waals surface area contributed by atoms with Gasteiger partial charge in [-0.25, -0.2) is 13.8 Å². The molecule has 3 N–H and O–H groups in total. The Morgan fingerprint density at radius 2 is 1.95 bits per heavy atom. The Morgan fingerprint density at radius 3 is 2.71 bits per heavy atom. The summed E-state index contributed by atoms with van der Waals surface area (Å²) >= 11 is 0. The number of para-hydroxylation sites is 1. The minimum atomic E-state index is -1.02. The van der Waals surface area contributed by atoms with Crippen molar-refractivity contribution >= 4 is 28.9 Å². The SMILES string of the molecule is CCC[C@H]1CCCCN1C(=O)C[C@H](Nc1nc(Cc2ccc(F)cc2)no1)C(=O)N[C@@H](C)c1nc2c(F)cccc2[nH]1. The zero-order valence-electron chi connectivity index (χ0n) is 23.7. The molecule has 1 fully saturated rings. The summed E-state index contributed by atoms with van der Waals surface area (Å²) in [5.74, 6) is -0.693. The van der Waals surface area contributed by atoms with Gasteiger partial charge in [-0.1, -0.05) is 36.7 Å². The molecule has 3 atom stereocenters. The van der Waals surface area contributed by atoms with Crippen molar-refractivity contribution < 1.29 is 22.9 Å². The van der Waals surface area contributed by atoms with Gasteiger partial charge in [-0.2, -0.15) is 4.98 Å². The third kappa shape index (κ3) is 6.92. The molecule has 5 rings (SSSR count). The second kappa shape index (κ2) is 13.1. The number of amides is 2. The molecule has 4 aromatic rings. The highest BCUT2D eigenvalue weighted by atomic mass is 19.1. The highest BCUT2D eigenvalue weighted by molar-refractivity contribution is 5.90. The van der Waals surface area contributed by atoms with Crippen LogP contribution in [0.2, 0.25) is 0 Å². The molecule has 0 unspecified atom stereocenters. The average molecular weight is 580 g/mol. The summed E-state index contributed by atoms with van der Waals surface area (Å²) in [6.45, 7) is 4.47. The Bertz CT molecular complexity index is 1520. The van der Waals surface area contributed by atoms with E-state index in [1.807, 2.05) is 4.90 Å². The first-order chi connectivity index (χ1) is 20.3. The van der Waals surface area contributed by atoms with Crippen molar-refractivity contribution in [3.63, 3.8) is 0 Å². The summed E-state index contributed by atoms with van der Waals surface area (Å²) in [5, 5.41) is 9.81. The summed E-state index contributed by atoms with van der Waals surface area (Å²) in [7, 11) is 0. The number of carbonyl (C=O) groups excluding carboxylic acids is 2. The zero-order valence-corrected chi connectivity index (χ0v) is 23.7. The topological polar surface area (TPSA) is 129 Å². The number of benzene rings is 2. The van der Waals surface area contributed by atoms with Gasteiger partial charge in [0.15, 0.2) is 11.6 Å². The van der Waals surface area contributed by atoms with Crippen LogP contribution in [-0.2, 0) is 16.0 Å². The second-order valence-corrected chi connectivity index (χ2v) is 10.7. The van der Waals surface area contributed by atoms with Crippen LogP contribution in [0.4, 0.5) is 14.8 Å². The maximum atomic E-state index is 14.2. The van der Waals surface area contributed by atoms with Gasteiger partial charge in [0.05, 0.1) is 18.0 Å². The minimum absolute atomic E-state index is 0.0118. The summed E-state index contributed by atoms with van der Waals surface area (Å²) in [6, 6.07) is 9.07. The molecule has 2 aromatic heterocycles. The third-order valence-electron chi connectivity index (χ3n) is 7.56. The first-order valence-corrected chi connectivity index (χ1v) is 14.4. The van der Waals surface area contributed by atoms with Crippen LogP contribution in [0.5, 0.6) is 0 Å². The number of rotatable bonds is 11. The molecule has 1 aliphatic heterocycles. The van der Waals surface area contributed by atoms with E-state index in [1.165, 1.54) is 18.2 Å². The molecule has 2 aromatic carbocycles. The van der Waals surface area contributed by atoms with Crippen LogP contribution in [0.25, 0.3) is 11.0 Å². The summed E-state index contributed by atoms with van der Waals surface area (Å²) in [5.41, 5.74) is 1.49. The fourth-order valence-electron chi connectivity index (χ4n) is 5.39. The molecule has 0 saturated carbocycles. The van der Waals surface area contributed by atoms with Crippen LogP contribution >= 0.6 is 0 Å². The Hall–Kier alpha value is -4.35. The van der Waals surface area contributed by atoms with Crippen LogP contribution in [0.15, 0.2) is 47.0 Å². The zero-order chi connectivity index (χ0) is 29.6. The number of nitrogens with zero attached hydrogens (tertiary/aromatic N) is 4. The predicted molar refractivity (Wildman–Crippen MR) is 152 cm³/mol. The van der Waals surface area contributed by atoms with Crippen LogP contribution in [0.3, 0.4) is 0 Å². The van der Waals surface area contributed by atoms with E-state index in [1.54, 1.807) is 31.2 Å². The molecule has 0 spiro atoms. The smallest absolute Gasteiger partial charge is 0.322 e. The standard InChI is InChI=1S/C30H35F2N7O3/c1-3-7-21-8-4-5-15-39(21)26(40)17-24(35-30-36-25(38-42-30)16-19-11-13-20(31)14-12-19)29(41)33-18(2)28-34-23-10-6-9-22(32)27(23)37-28/h6,9-14,18,21,24H,3-5,7-8,15-17H2,1-2H3,(H,33,41)(H,34,37)(H,35,36,38)/t18-,21-,24-/m0/s1. The van der Waals surface area contributed by atoms with Crippen LogP contribution in [0.1, 0.15) is 75.6 Å². The number of halogens is 2. The largest absolute Gasteiger partial charge is 0.345 e. The van der Waals surface area contributed by atoms with Crippen LogP contribution < -0.4 is 10.6 Å². The third-order valence-corrected chi connectivity index (χ3v) is 7.56. The fraction of sp³-hybridized carbons (Fsp3) is 0.433. The lowest BCUT2D eigenvalue weighted by molar-refractivity contribution is -0.137. The Kier molecular flexibility index (Phi) is 9.09. The van der Waals surface area contributed by atoms with Crippen molar-refractivity contribution in [1.29, 1.82) is 0 Å². The number of aromatic nitrogens is 4. The number of H-pyrrole nitrogens is 1. The van der Waals surface area contributed by atoms with Crippen molar-refractivity contribution in [2.45, 2.75) is 76.9 Å². The minimum Gasteiger partial charge on any atom is -0.345 e. The normalized spacial score (nSPS) is 16.8. The summed E-state index contributed by atoms with van der Waals surface area (Å²) < 4.78 is 32.8. The Morgan fingerprint density at radius 1 is 1.14 bits per heavy atom. The van der Waals surface area contributed by atoms with Gasteiger partial charge in [0, 0.05) is 19.0 Å². The van der Waals surface area contributed by atoms with E-state index in [4.69, 9.17) is 4.52 Å². The average Bonchev–Trinajstić information content (AvgIpc) is 3.62. The van der Waals surface area contributed by atoms with Crippen molar-refractivity contribution in [2.24, 2.45) is 0 Å². The van der Waals surface area contributed by atoms with Crippen molar-refractivity contribution in [3.8, 4) is 0 Å². The number of fused-ring (bicyclic) bond motifs is 1. The highest BCUT2D eigenvalue weighted by Gasteiger charge is 2.32. The van der Waals surface area contributed by atoms with Gasteiger partial charge in [0.25, 0.3) is 0 Å². The number of nitrogens with one attached hydrogen (secondary N) is 3. The molecule has 0 radical (unpaired) electrons. The first kappa shape index (κ1) is 29.2. The molecular formula is C30H35F2N7O3. The van der Waals surface area contributed by atoms with Gasteiger partial charge in [0.1, 0.15) is 23.2 Å². The molecule has 222 valence electrons. The number of likely N-dealkylation sites (tertiary alicyclic amines) is 1. The van der Waals surface area contributed by atoms with Crippen molar-refractivity contribution in [2.75, 3.05) is 11.9 Å². The number of imidazole rings is 1. The fourth-order valence-corrected chi connectivity index (χ4v) is 5.39. The second-order valence-electron chi connectivity index (χ2n) is 10.7. The Balaban J connectivity index is 1.32. The molecule has 3 heterocycles. The van der Waals surface area contributed by atoms with E-state index in [9.17, 15) is 18.4 Å². The number of hydrogen-bond acceptors (Lipinski definition) is 7. The van der Waals surface area contributed by atoms with E-state index < -0.39 is 23.8 Å². The molecule has 1 aliphatic rings. The summed E-state index contributed by atoms with van der Waals surface area (Å²) in [6.07, 6.45) is 4.99. The van der Waals surface area contributed by atoms with E-state index in [0.717, 1.165) is 37.7 Å². The molecule has 0 aliphatic carbocycles.